The minimum atomic E-state index is -0.490. The molecule has 0 fully saturated rings. The third kappa shape index (κ3) is 5.51. The van der Waals surface area contributed by atoms with Crippen LogP contribution in [0.5, 0.6) is 0 Å². The van der Waals surface area contributed by atoms with Gasteiger partial charge in [0.05, 0.1) is 6.54 Å². The lowest BCUT2D eigenvalue weighted by Crippen LogP contribution is -2.36. The molecule has 174 valence electrons. The van der Waals surface area contributed by atoms with E-state index in [0.717, 1.165) is 23.7 Å². The second-order valence-electron chi connectivity index (χ2n) is 8.44. The Balaban J connectivity index is 0.000000219. The van der Waals surface area contributed by atoms with Crippen molar-refractivity contribution < 1.29 is 4.79 Å². The van der Waals surface area contributed by atoms with E-state index in [-0.39, 0.29) is 17.3 Å². The number of hydrogen-bond donors (Lipinski definition) is 3. The first kappa shape index (κ1) is 23.2. The number of amides is 1. The Morgan fingerprint density at radius 1 is 1.30 bits per heavy atom. The highest BCUT2D eigenvalue weighted by atomic mass is 32.1. The number of nitrogens with zero attached hydrogens (tertiary/aromatic N) is 2. The molecule has 0 aliphatic carbocycles. The van der Waals surface area contributed by atoms with Gasteiger partial charge in [-0.1, -0.05) is 43.7 Å². The number of thiophene rings is 1. The maximum absolute atomic E-state index is 12.5. The van der Waals surface area contributed by atoms with Crippen LogP contribution in [0.1, 0.15) is 58.8 Å². The van der Waals surface area contributed by atoms with E-state index in [1.54, 1.807) is 17.5 Å². The summed E-state index contributed by atoms with van der Waals surface area (Å²) in [4.78, 5) is 31.0. The number of nitrogens with one attached hydrogen (secondary N) is 2. The van der Waals surface area contributed by atoms with Gasteiger partial charge in [0, 0.05) is 34.7 Å². The SMILES string of the molecule is CCCCc1ccccc1.Nc1ncc2n(c1=O)C(C(=O)NCc1cc3c(s1)CNC3)CC2. The summed E-state index contributed by atoms with van der Waals surface area (Å²) in [5, 5.41) is 6.24. The molecular weight excluding hydrogens is 434 g/mol. The zero-order valence-electron chi connectivity index (χ0n) is 19.0. The first-order valence-electron chi connectivity index (χ1n) is 11.6. The van der Waals surface area contributed by atoms with E-state index in [1.807, 2.05) is 0 Å². The van der Waals surface area contributed by atoms with Gasteiger partial charge in [0.2, 0.25) is 5.91 Å². The van der Waals surface area contributed by atoms with Gasteiger partial charge in [-0.25, -0.2) is 4.98 Å². The molecule has 0 bridgehead atoms. The molecule has 1 aromatic carbocycles. The van der Waals surface area contributed by atoms with Crippen LogP contribution >= 0.6 is 11.3 Å². The minimum absolute atomic E-state index is 0.0596. The molecule has 2 aromatic heterocycles. The summed E-state index contributed by atoms with van der Waals surface area (Å²) >= 11 is 1.72. The summed E-state index contributed by atoms with van der Waals surface area (Å²) in [6.07, 6.45) is 6.69. The van der Waals surface area contributed by atoms with Gasteiger partial charge in [-0.15, -0.1) is 11.3 Å². The van der Waals surface area contributed by atoms with Crippen LogP contribution in [0, 0.1) is 0 Å². The zero-order chi connectivity index (χ0) is 23.2. The topological polar surface area (TPSA) is 102 Å². The molecule has 1 atom stereocenters. The summed E-state index contributed by atoms with van der Waals surface area (Å²) in [7, 11) is 0. The van der Waals surface area contributed by atoms with Crippen molar-refractivity contribution in [3.63, 3.8) is 0 Å². The number of nitrogen functional groups attached to an aromatic ring is 1. The molecule has 1 amide bonds. The largest absolute Gasteiger partial charge is 0.379 e. The molecule has 1 unspecified atom stereocenters. The Kier molecular flexibility index (Phi) is 7.57. The predicted molar refractivity (Wildman–Crippen MR) is 132 cm³/mol. The monoisotopic (exact) mass is 465 g/mol. The van der Waals surface area contributed by atoms with Crippen molar-refractivity contribution in [1.29, 1.82) is 0 Å². The van der Waals surface area contributed by atoms with E-state index in [0.29, 0.717) is 19.4 Å². The normalized spacial score (nSPS) is 16.0. The number of anilines is 1. The molecule has 3 aromatic rings. The van der Waals surface area contributed by atoms with E-state index in [4.69, 9.17) is 5.73 Å². The maximum atomic E-state index is 12.5. The molecule has 0 spiro atoms. The molecule has 7 nitrogen and oxygen atoms in total. The number of carbonyl (C=O) groups is 1. The average molecular weight is 466 g/mol. The Morgan fingerprint density at radius 2 is 2.12 bits per heavy atom. The van der Waals surface area contributed by atoms with Crippen molar-refractivity contribution in [1.82, 2.24) is 20.2 Å². The van der Waals surface area contributed by atoms with E-state index in [2.05, 4.69) is 58.9 Å². The molecule has 4 N–H and O–H groups in total. The molecule has 0 radical (unpaired) electrons. The lowest BCUT2D eigenvalue weighted by Gasteiger charge is -2.14. The number of benzene rings is 1. The number of hydrogen-bond acceptors (Lipinski definition) is 6. The van der Waals surface area contributed by atoms with E-state index in [9.17, 15) is 9.59 Å². The highest BCUT2D eigenvalue weighted by Crippen LogP contribution is 2.27. The fourth-order valence-electron chi connectivity index (χ4n) is 4.25. The van der Waals surface area contributed by atoms with Gasteiger partial charge in [-0.05, 0) is 42.9 Å². The fraction of sp³-hybridized carbons (Fsp3) is 0.400. The molecule has 2 aliphatic heterocycles. The third-order valence-electron chi connectivity index (χ3n) is 6.04. The summed E-state index contributed by atoms with van der Waals surface area (Å²) in [6, 6.07) is 12.3. The number of carbonyl (C=O) groups excluding carboxylic acids is 1. The van der Waals surface area contributed by atoms with Gasteiger partial charge in [0.1, 0.15) is 6.04 Å². The molecule has 5 rings (SSSR count). The lowest BCUT2D eigenvalue weighted by atomic mass is 10.1. The van der Waals surface area contributed by atoms with Gasteiger partial charge < -0.3 is 16.4 Å². The molecule has 33 heavy (non-hydrogen) atoms. The van der Waals surface area contributed by atoms with Crippen LogP contribution in [0.4, 0.5) is 5.82 Å². The van der Waals surface area contributed by atoms with Gasteiger partial charge >= 0.3 is 0 Å². The summed E-state index contributed by atoms with van der Waals surface area (Å²) < 4.78 is 1.48. The maximum Gasteiger partial charge on any atom is 0.294 e. The van der Waals surface area contributed by atoms with E-state index < -0.39 is 6.04 Å². The fourth-order valence-corrected chi connectivity index (χ4v) is 5.35. The highest BCUT2D eigenvalue weighted by molar-refractivity contribution is 7.12. The number of rotatable bonds is 6. The Labute approximate surface area is 198 Å². The third-order valence-corrected chi connectivity index (χ3v) is 7.21. The van der Waals surface area contributed by atoms with Crippen LogP contribution in [0.25, 0.3) is 0 Å². The van der Waals surface area contributed by atoms with Crippen molar-refractivity contribution >= 4 is 23.1 Å². The zero-order valence-corrected chi connectivity index (χ0v) is 19.8. The van der Waals surface area contributed by atoms with Gasteiger partial charge in [-0.2, -0.15) is 0 Å². The second-order valence-corrected chi connectivity index (χ2v) is 9.66. The molecule has 2 aliphatic rings. The number of aromatic nitrogens is 2. The van der Waals surface area contributed by atoms with Crippen molar-refractivity contribution in [2.75, 3.05) is 5.73 Å². The molecule has 0 saturated carbocycles. The standard InChI is InChI=1S/C15H17N5O2S.C10H14/c16-13-15(22)20-9(5-18-13)1-2-11(20)14(21)19-6-10-3-8-4-17-7-12(8)23-10;1-2-3-7-10-8-5-4-6-9-10/h3,5,11,17H,1-2,4,6-7H2,(H2,16,18)(H,19,21);4-6,8-9H,2-3,7H2,1H3. The van der Waals surface area contributed by atoms with Crippen molar-refractivity contribution in [2.24, 2.45) is 0 Å². The summed E-state index contributed by atoms with van der Waals surface area (Å²) in [5.74, 6) is -0.196. The number of aryl methyl sites for hydroxylation is 2. The molecule has 8 heteroatoms. The number of nitrogens with two attached hydrogens (primary N) is 1. The van der Waals surface area contributed by atoms with Gasteiger partial charge in [-0.3, -0.25) is 14.2 Å². The highest BCUT2D eigenvalue weighted by Gasteiger charge is 2.30. The average Bonchev–Trinajstić information content (AvgIpc) is 3.55. The Hall–Kier alpha value is -2.97. The Morgan fingerprint density at radius 3 is 2.88 bits per heavy atom. The van der Waals surface area contributed by atoms with Crippen LogP contribution < -0.4 is 21.9 Å². The molecule has 4 heterocycles. The number of fused-ring (bicyclic) bond motifs is 2. The van der Waals surface area contributed by atoms with Crippen LogP contribution in [-0.2, 0) is 37.3 Å². The minimum Gasteiger partial charge on any atom is -0.379 e. The first-order valence-corrected chi connectivity index (χ1v) is 12.4. The van der Waals surface area contributed by atoms with Crippen molar-refractivity contribution in [2.45, 2.75) is 64.7 Å². The van der Waals surface area contributed by atoms with Crippen LogP contribution in [0.2, 0.25) is 0 Å². The number of unbranched alkanes of at least 4 members (excludes halogenated alkanes) is 1. The smallest absolute Gasteiger partial charge is 0.294 e. The van der Waals surface area contributed by atoms with Gasteiger partial charge in [0.25, 0.3) is 5.56 Å². The van der Waals surface area contributed by atoms with Crippen LogP contribution in [0.3, 0.4) is 0 Å². The van der Waals surface area contributed by atoms with Gasteiger partial charge in [0.15, 0.2) is 5.82 Å². The van der Waals surface area contributed by atoms with Crippen LogP contribution in [0.15, 0.2) is 47.4 Å². The first-order chi connectivity index (χ1) is 16.1. The quantitative estimate of drug-likeness (QED) is 0.518. The Bertz CT molecular complexity index is 1130. The second kappa shape index (κ2) is 10.8. The molecular formula is C25H31N5O2S. The van der Waals surface area contributed by atoms with Crippen molar-refractivity contribution in [3.05, 3.63) is 79.5 Å². The van der Waals surface area contributed by atoms with Crippen LogP contribution in [-0.4, -0.2) is 15.5 Å². The van der Waals surface area contributed by atoms with Crippen molar-refractivity contribution in [3.8, 4) is 0 Å². The summed E-state index contributed by atoms with van der Waals surface area (Å²) in [6.45, 7) is 4.53. The van der Waals surface area contributed by atoms with E-state index in [1.165, 1.54) is 39.8 Å². The predicted octanol–water partition coefficient (Wildman–Crippen LogP) is 3.32. The molecule has 0 saturated heterocycles. The van der Waals surface area contributed by atoms with E-state index >= 15 is 0 Å². The summed E-state index contributed by atoms with van der Waals surface area (Å²) in [5.41, 5.74) is 8.76. The lowest BCUT2D eigenvalue weighted by molar-refractivity contribution is -0.124.